The molecule has 2 saturated heterocycles. The summed E-state index contributed by atoms with van der Waals surface area (Å²) in [7, 11) is 0. The maximum absolute atomic E-state index is 13.7. The number of ether oxygens (including phenoxy) is 2. The largest absolute Gasteiger partial charge is 0.379 e. The third kappa shape index (κ3) is 2.50. The molecule has 19 heavy (non-hydrogen) atoms. The fraction of sp³-hybridized carbons (Fsp3) is 0.571. The van der Waals surface area contributed by atoms with Gasteiger partial charge in [-0.15, -0.1) is 0 Å². The van der Waals surface area contributed by atoms with E-state index in [9.17, 15) is 8.78 Å². The van der Waals surface area contributed by atoms with Crippen LogP contribution < -0.4 is 0 Å². The highest BCUT2D eigenvalue weighted by molar-refractivity contribution is 5.19. The molecule has 2 aliphatic rings. The van der Waals surface area contributed by atoms with Crippen LogP contribution in [0.25, 0.3) is 0 Å². The van der Waals surface area contributed by atoms with Gasteiger partial charge in [0.2, 0.25) is 0 Å². The Balaban J connectivity index is 1.82. The van der Waals surface area contributed by atoms with Crippen molar-refractivity contribution >= 4 is 0 Å². The zero-order chi connectivity index (χ0) is 13.3. The van der Waals surface area contributed by atoms with Gasteiger partial charge in [-0.2, -0.15) is 0 Å². The number of rotatable bonds is 2. The Morgan fingerprint density at radius 1 is 1.16 bits per heavy atom. The van der Waals surface area contributed by atoms with Gasteiger partial charge in [-0.3, -0.25) is 4.90 Å². The van der Waals surface area contributed by atoms with Gasteiger partial charge in [0.05, 0.1) is 25.4 Å². The lowest BCUT2D eigenvalue weighted by Crippen LogP contribution is -2.57. The van der Waals surface area contributed by atoms with E-state index < -0.39 is 5.82 Å². The maximum Gasteiger partial charge on any atom is 0.127 e. The Bertz CT molecular complexity index is 461. The third-order valence-electron chi connectivity index (χ3n) is 4.00. The predicted molar refractivity (Wildman–Crippen MR) is 65.8 cm³/mol. The summed E-state index contributed by atoms with van der Waals surface area (Å²) in [5.74, 6) is -0.761. The SMILES string of the molecule is Fc1ccc(F)c(CN2CCOCC23CCOC3)c1. The van der Waals surface area contributed by atoms with Gasteiger partial charge in [0.1, 0.15) is 11.6 Å². The number of benzene rings is 1. The van der Waals surface area contributed by atoms with Gasteiger partial charge in [0.15, 0.2) is 0 Å². The molecule has 3 nitrogen and oxygen atoms in total. The summed E-state index contributed by atoms with van der Waals surface area (Å²) in [6, 6.07) is 3.60. The summed E-state index contributed by atoms with van der Waals surface area (Å²) in [6.07, 6.45) is 0.879. The van der Waals surface area contributed by atoms with Crippen molar-refractivity contribution in [2.75, 3.05) is 33.0 Å². The number of nitrogens with zero attached hydrogens (tertiary/aromatic N) is 1. The van der Waals surface area contributed by atoms with Crippen LogP contribution in [0.3, 0.4) is 0 Å². The van der Waals surface area contributed by atoms with Crippen molar-refractivity contribution in [3.05, 3.63) is 35.4 Å². The van der Waals surface area contributed by atoms with Gasteiger partial charge >= 0.3 is 0 Å². The monoisotopic (exact) mass is 269 g/mol. The number of hydrogen-bond acceptors (Lipinski definition) is 3. The highest BCUT2D eigenvalue weighted by Gasteiger charge is 2.43. The lowest BCUT2D eigenvalue weighted by molar-refractivity contribution is -0.0753. The highest BCUT2D eigenvalue weighted by atomic mass is 19.1. The first kappa shape index (κ1) is 13.0. The van der Waals surface area contributed by atoms with Crippen molar-refractivity contribution in [3.8, 4) is 0 Å². The molecule has 1 atom stereocenters. The fourth-order valence-corrected chi connectivity index (χ4v) is 2.84. The van der Waals surface area contributed by atoms with Crippen molar-refractivity contribution in [2.24, 2.45) is 0 Å². The van der Waals surface area contributed by atoms with Crippen molar-refractivity contribution in [2.45, 2.75) is 18.5 Å². The normalized spacial score (nSPS) is 28.1. The second-order valence-corrected chi connectivity index (χ2v) is 5.24. The zero-order valence-corrected chi connectivity index (χ0v) is 10.7. The molecule has 1 spiro atoms. The van der Waals surface area contributed by atoms with E-state index in [4.69, 9.17) is 9.47 Å². The number of hydrogen-bond donors (Lipinski definition) is 0. The van der Waals surface area contributed by atoms with E-state index in [-0.39, 0.29) is 11.4 Å². The predicted octanol–water partition coefficient (Wildman–Crippen LogP) is 1.96. The van der Waals surface area contributed by atoms with Crippen LogP contribution in [-0.4, -0.2) is 43.4 Å². The van der Waals surface area contributed by atoms with E-state index >= 15 is 0 Å². The smallest absolute Gasteiger partial charge is 0.127 e. The lowest BCUT2D eigenvalue weighted by atomic mass is 9.95. The molecule has 0 amide bonds. The van der Waals surface area contributed by atoms with E-state index in [0.29, 0.717) is 38.5 Å². The second-order valence-electron chi connectivity index (χ2n) is 5.24. The molecule has 0 aromatic heterocycles. The summed E-state index contributed by atoms with van der Waals surface area (Å²) in [6.45, 7) is 3.65. The van der Waals surface area contributed by atoms with Crippen molar-refractivity contribution in [3.63, 3.8) is 0 Å². The molecule has 1 aromatic carbocycles. The molecule has 0 N–H and O–H groups in total. The molecule has 3 rings (SSSR count). The molecule has 1 unspecified atom stereocenters. The van der Waals surface area contributed by atoms with E-state index in [2.05, 4.69) is 4.90 Å². The summed E-state index contributed by atoms with van der Waals surface area (Å²) >= 11 is 0. The lowest BCUT2D eigenvalue weighted by Gasteiger charge is -2.43. The average molecular weight is 269 g/mol. The molecule has 0 aliphatic carbocycles. The Morgan fingerprint density at radius 2 is 1.95 bits per heavy atom. The first-order chi connectivity index (χ1) is 9.20. The number of morpholine rings is 1. The van der Waals surface area contributed by atoms with Crippen LogP contribution in [0, 0.1) is 11.6 Å². The molecule has 2 heterocycles. The summed E-state index contributed by atoms with van der Waals surface area (Å²) in [5.41, 5.74) is 0.227. The molecule has 5 heteroatoms. The molecular formula is C14H17F2NO2. The average Bonchev–Trinajstić information content (AvgIpc) is 2.86. The van der Waals surface area contributed by atoms with Gasteiger partial charge < -0.3 is 9.47 Å². The quantitative estimate of drug-likeness (QED) is 0.819. The molecule has 104 valence electrons. The van der Waals surface area contributed by atoms with E-state index in [1.54, 1.807) is 0 Å². The summed E-state index contributed by atoms with van der Waals surface area (Å²) < 4.78 is 38.0. The third-order valence-corrected chi connectivity index (χ3v) is 4.00. The molecule has 0 radical (unpaired) electrons. The Hall–Kier alpha value is -1.04. The summed E-state index contributed by atoms with van der Waals surface area (Å²) in [4.78, 5) is 2.17. The van der Waals surface area contributed by atoms with Crippen molar-refractivity contribution in [1.82, 2.24) is 4.90 Å². The standard InChI is InChI=1S/C14H17F2NO2/c15-12-1-2-13(16)11(7-12)8-17-4-6-19-10-14(17)3-5-18-9-14/h1-2,7H,3-6,8-10H2. The van der Waals surface area contributed by atoms with E-state index in [0.717, 1.165) is 19.0 Å². The molecule has 2 fully saturated rings. The molecular weight excluding hydrogens is 252 g/mol. The summed E-state index contributed by atoms with van der Waals surface area (Å²) in [5, 5.41) is 0. The van der Waals surface area contributed by atoms with Gasteiger partial charge in [0.25, 0.3) is 0 Å². The topological polar surface area (TPSA) is 21.7 Å². The molecule has 2 aliphatic heterocycles. The van der Waals surface area contributed by atoms with E-state index in [1.807, 2.05) is 0 Å². The van der Waals surface area contributed by atoms with Crippen LogP contribution in [0.4, 0.5) is 8.78 Å². The van der Waals surface area contributed by atoms with Crippen LogP contribution >= 0.6 is 0 Å². The van der Waals surface area contributed by atoms with Gasteiger partial charge in [0, 0.05) is 25.3 Å². The van der Waals surface area contributed by atoms with Gasteiger partial charge in [-0.1, -0.05) is 0 Å². The van der Waals surface area contributed by atoms with Crippen LogP contribution in [0.1, 0.15) is 12.0 Å². The Labute approximate surface area is 111 Å². The maximum atomic E-state index is 13.7. The van der Waals surface area contributed by atoms with Gasteiger partial charge in [-0.25, -0.2) is 8.78 Å². The van der Waals surface area contributed by atoms with Gasteiger partial charge in [-0.05, 0) is 24.6 Å². The second kappa shape index (κ2) is 5.15. The fourth-order valence-electron chi connectivity index (χ4n) is 2.84. The van der Waals surface area contributed by atoms with Crippen LogP contribution in [-0.2, 0) is 16.0 Å². The Kier molecular flexibility index (Phi) is 3.52. The first-order valence-corrected chi connectivity index (χ1v) is 6.54. The number of halogens is 2. The molecule has 0 saturated carbocycles. The van der Waals surface area contributed by atoms with Crippen LogP contribution in [0.15, 0.2) is 18.2 Å². The molecule has 0 bridgehead atoms. The van der Waals surface area contributed by atoms with Crippen LogP contribution in [0.2, 0.25) is 0 Å². The zero-order valence-electron chi connectivity index (χ0n) is 10.7. The Morgan fingerprint density at radius 3 is 2.74 bits per heavy atom. The first-order valence-electron chi connectivity index (χ1n) is 6.54. The van der Waals surface area contributed by atoms with E-state index in [1.165, 1.54) is 12.1 Å². The minimum absolute atomic E-state index is 0.170. The minimum Gasteiger partial charge on any atom is -0.379 e. The highest BCUT2D eigenvalue weighted by Crippen LogP contribution is 2.31. The van der Waals surface area contributed by atoms with Crippen LogP contribution in [0.5, 0.6) is 0 Å². The van der Waals surface area contributed by atoms with Crippen molar-refractivity contribution < 1.29 is 18.3 Å². The molecule has 1 aromatic rings. The van der Waals surface area contributed by atoms with Crippen molar-refractivity contribution in [1.29, 1.82) is 0 Å². The minimum atomic E-state index is -0.401.